The van der Waals surface area contributed by atoms with Gasteiger partial charge in [-0.05, 0) is 41.8 Å². The summed E-state index contributed by atoms with van der Waals surface area (Å²) < 4.78 is 0. The molecule has 110 valence electrons. The molecule has 1 aromatic carbocycles. The van der Waals surface area contributed by atoms with Crippen molar-refractivity contribution in [2.24, 2.45) is 5.92 Å². The van der Waals surface area contributed by atoms with E-state index in [2.05, 4.69) is 47.1 Å². The van der Waals surface area contributed by atoms with Gasteiger partial charge in [-0.3, -0.25) is 0 Å². The Labute approximate surface area is 135 Å². The van der Waals surface area contributed by atoms with Crippen molar-refractivity contribution in [3.05, 3.63) is 52.2 Å². The molecule has 1 aromatic heterocycles. The molecule has 4 rings (SSSR count). The van der Waals surface area contributed by atoms with Crippen LogP contribution < -0.4 is 5.32 Å². The monoisotopic (exact) mass is 315 g/mol. The lowest BCUT2D eigenvalue weighted by atomic mass is 9.95. The zero-order valence-corrected chi connectivity index (χ0v) is 13.8. The summed E-state index contributed by atoms with van der Waals surface area (Å²) in [7, 11) is 0. The fourth-order valence-corrected chi connectivity index (χ4v) is 5.78. The van der Waals surface area contributed by atoms with E-state index in [1.165, 1.54) is 46.8 Å². The molecule has 0 amide bonds. The lowest BCUT2D eigenvalue weighted by molar-refractivity contribution is 0.345. The van der Waals surface area contributed by atoms with Gasteiger partial charge in [-0.1, -0.05) is 37.1 Å². The van der Waals surface area contributed by atoms with Crippen LogP contribution in [-0.4, -0.2) is 5.75 Å². The first-order valence-electron chi connectivity index (χ1n) is 7.93. The molecule has 0 bridgehead atoms. The second kappa shape index (κ2) is 6.15. The van der Waals surface area contributed by atoms with Gasteiger partial charge >= 0.3 is 0 Å². The van der Waals surface area contributed by atoms with Crippen molar-refractivity contribution in [1.82, 2.24) is 5.32 Å². The van der Waals surface area contributed by atoms with E-state index < -0.39 is 0 Å². The van der Waals surface area contributed by atoms with Crippen LogP contribution in [0.15, 0.2) is 46.7 Å². The van der Waals surface area contributed by atoms with Gasteiger partial charge in [0.25, 0.3) is 0 Å². The number of thioether (sulfide) groups is 1. The molecular formula is C18H21NS2. The fraction of sp³-hybridized carbons (Fsp3) is 0.444. The molecule has 0 saturated heterocycles. The lowest BCUT2D eigenvalue weighted by Crippen LogP contribution is -2.30. The van der Waals surface area contributed by atoms with Gasteiger partial charge in [0.15, 0.2) is 0 Å². The Balaban J connectivity index is 1.58. The summed E-state index contributed by atoms with van der Waals surface area (Å²) in [6, 6.07) is 14.5. The summed E-state index contributed by atoms with van der Waals surface area (Å²) >= 11 is 3.91. The Morgan fingerprint density at radius 1 is 1.05 bits per heavy atom. The van der Waals surface area contributed by atoms with Crippen LogP contribution in [0.25, 0.3) is 0 Å². The van der Waals surface area contributed by atoms with Gasteiger partial charge in [0.05, 0.1) is 0 Å². The van der Waals surface area contributed by atoms with E-state index in [1.807, 2.05) is 23.1 Å². The Morgan fingerprint density at radius 3 is 2.71 bits per heavy atom. The number of thiophene rings is 1. The highest BCUT2D eigenvalue weighted by molar-refractivity contribution is 7.99. The van der Waals surface area contributed by atoms with Gasteiger partial charge in [0, 0.05) is 27.6 Å². The van der Waals surface area contributed by atoms with Crippen molar-refractivity contribution in [2.75, 3.05) is 5.75 Å². The molecule has 1 saturated carbocycles. The maximum atomic E-state index is 4.01. The number of fused-ring (bicyclic) bond motifs is 1. The first-order chi connectivity index (χ1) is 10.4. The van der Waals surface area contributed by atoms with E-state index >= 15 is 0 Å². The van der Waals surface area contributed by atoms with Crippen LogP contribution in [0, 0.1) is 5.92 Å². The van der Waals surface area contributed by atoms with E-state index in [0.29, 0.717) is 12.1 Å². The molecular weight excluding hydrogens is 294 g/mol. The molecule has 2 aromatic rings. The molecule has 1 N–H and O–H groups in total. The molecule has 2 unspecified atom stereocenters. The maximum absolute atomic E-state index is 4.01. The maximum Gasteiger partial charge on any atom is 0.0448 e. The third kappa shape index (κ3) is 2.79. The molecule has 0 radical (unpaired) electrons. The van der Waals surface area contributed by atoms with E-state index in [1.54, 1.807) is 0 Å². The Morgan fingerprint density at radius 2 is 1.90 bits per heavy atom. The van der Waals surface area contributed by atoms with Gasteiger partial charge in [-0.15, -0.1) is 23.1 Å². The van der Waals surface area contributed by atoms with E-state index in [0.717, 1.165) is 5.92 Å². The normalized spacial score (nSPS) is 23.3. The Bertz CT molecular complexity index is 587. The van der Waals surface area contributed by atoms with Gasteiger partial charge < -0.3 is 5.32 Å². The molecule has 2 atom stereocenters. The van der Waals surface area contributed by atoms with Gasteiger partial charge in [0.2, 0.25) is 0 Å². The summed E-state index contributed by atoms with van der Waals surface area (Å²) in [5.74, 6) is 2.00. The molecule has 2 aliphatic rings. The predicted octanol–water partition coefficient (Wildman–Crippen LogP) is 5.42. The van der Waals surface area contributed by atoms with Crippen LogP contribution in [0.3, 0.4) is 0 Å². The third-order valence-electron chi connectivity index (χ3n) is 4.80. The van der Waals surface area contributed by atoms with E-state index in [9.17, 15) is 0 Å². The first-order valence-corrected chi connectivity index (χ1v) is 9.79. The molecule has 2 heterocycles. The number of benzene rings is 1. The van der Waals surface area contributed by atoms with Crippen LogP contribution in [-0.2, 0) is 0 Å². The van der Waals surface area contributed by atoms with Crippen LogP contribution in [0.2, 0.25) is 0 Å². The topological polar surface area (TPSA) is 12.0 Å². The van der Waals surface area contributed by atoms with Crippen LogP contribution >= 0.6 is 23.1 Å². The van der Waals surface area contributed by atoms with E-state index in [4.69, 9.17) is 0 Å². The predicted molar refractivity (Wildman–Crippen MR) is 92.1 cm³/mol. The smallest absolute Gasteiger partial charge is 0.0448 e. The van der Waals surface area contributed by atoms with Crippen molar-refractivity contribution < 1.29 is 0 Å². The van der Waals surface area contributed by atoms with E-state index in [-0.39, 0.29) is 0 Å². The van der Waals surface area contributed by atoms with Crippen molar-refractivity contribution in [2.45, 2.75) is 42.7 Å². The second-order valence-electron chi connectivity index (χ2n) is 6.11. The zero-order valence-electron chi connectivity index (χ0n) is 12.1. The molecule has 1 nitrogen and oxygen atoms in total. The minimum absolute atomic E-state index is 0.513. The summed E-state index contributed by atoms with van der Waals surface area (Å²) in [5.41, 5.74) is 1.50. The summed E-state index contributed by atoms with van der Waals surface area (Å²) in [5, 5.41) is 6.22. The van der Waals surface area contributed by atoms with Crippen LogP contribution in [0.5, 0.6) is 0 Å². The standard InChI is InChI=1S/C18H21NS2/c1-2-7-13(6-1)18(17-10-5-11-20-17)19-15-12-21-16-9-4-3-8-14(15)16/h3-5,8-11,13,15,18-19H,1-2,6-7,12H2. The molecule has 1 aliphatic heterocycles. The Kier molecular flexibility index (Phi) is 4.06. The van der Waals surface area contributed by atoms with Crippen molar-refractivity contribution in [3.63, 3.8) is 0 Å². The number of hydrogen-bond donors (Lipinski definition) is 1. The number of hydrogen-bond acceptors (Lipinski definition) is 3. The highest BCUT2D eigenvalue weighted by Crippen LogP contribution is 2.43. The van der Waals surface area contributed by atoms with Gasteiger partial charge in [-0.2, -0.15) is 0 Å². The quantitative estimate of drug-likeness (QED) is 0.809. The fourth-order valence-electron chi connectivity index (χ4n) is 3.73. The highest BCUT2D eigenvalue weighted by Gasteiger charge is 2.31. The molecule has 1 aliphatic carbocycles. The largest absolute Gasteiger partial charge is 0.301 e. The Hall–Kier alpha value is -0.770. The summed E-state index contributed by atoms with van der Waals surface area (Å²) in [6.07, 6.45) is 5.59. The van der Waals surface area contributed by atoms with Crippen molar-refractivity contribution in [1.29, 1.82) is 0 Å². The second-order valence-corrected chi connectivity index (χ2v) is 8.15. The molecule has 21 heavy (non-hydrogen) atoms. The lowest BCUT2D eigenvalue weighted by Gasteiger charge is -2.27. The van der Waals surface area contributed by atoms with Crippen LogP contribution in [0.4, 0.5) is 0 Å². The average molecular weight is 316 g/mol. The summed E-state index contributed by atoms with van der Waals surface area (Å²) in [4.78, 5) is 2.99. The molecule has 1 fully saturated rings. The summed E-state index contributed by atoms with van der Waals surface area (Å²) in [6.45, 7) is 0. The molecule has 3 heteroatoms. The minimum atomic E-state index is 0.513. The van der Waals surface area contributed by atoms with Crippen molar-refractivity contribution in [3.8, 4) is 0 Å². The third-order valence-corrected chi connectivity index (χ3v) is 6.94. The van der Waals surface area contributed by atoms with Gasteiger partial charge in [-0.25, -0.2) is 0 Å². The van der Waals surface area contributed by atoms with Crippen LogP contribution in [0.1, 0.15) is 48.2 Å². The highest BCUT2D eigenvalue weighted by atomic mass is 32.2. The van der Waals surface area contributed by atoms with Crippen molar-refractivity contribution >= 4 is 23.1 Å². The minimum Gasteiger partial charge on any atom is -0.301 e. The molecule has 0 spiro atoms. The first kappa shape index (κ1) is 13.9. The number of rotatable bonds is 4. The van der Waals surface area contributed by atoms with Gasteiger partial charge in [0.1, 0.15) is 0 Å². The zero-order chi connectivity index (χ0) is 14.1. The SMILES string of the molecule is c1csc(C(NC2CSc3ccccc32)C2CCCC2)c1. The average Bonchev–Trinajstić information content (AvgIpc) is 3.26. The number of nitrogens with one attached hydrogen (secondary N) is 1.